The molecule has 3 heterocycles. The Bertz CT molecular complexity index is 2970. The molecule has 12 rings (SSSR count). The lowest BCUT2D eigenvalue weighted by molar-refractivity contribution is 0.464. The highest BCUT2D eigenvalue weighted by Crippen LogP contribution is 2.52. The van der Waals surface area contributed by atoms with Gasteiger partial charge in [0, 0.05) is 60.5 Å². The Balaban J connectivity index is 0.996. The molecule has 0 aromatic heterocycles. The minimum atomic E-state index is -0.0505. The Labute approximate surface area is 341 Å². The summed E-state index contributed by atoms with van der Waals surface area (Å²) in [6.45, 7) is -0.0505. The molecule has 58 heavy (non-hydrogen) atoms. The number of hydrogen-bond donors (Lipinski definition) is 0. The van der Waals surface area contributed by atoms with Crippen molar-refractivity contribution in [2.75, 3.05) is 9.80 Å². The van der Waals surface area contributed by atoms with Crippen LogP contribution in [0.5, 0.6) is 23.0 Å². The van der Waals surface area contributed by atoms with E-state index >= 15 is 0 Å². The second kappa shape index (κ2) is 13.2. The van der Waals surface area contributed by atoms with Crippen molar-refractivity contribution in [1.82, 2.24) is 0 Å². The number of ether oxygens (including phenoxy) is 2. The van der Waals surface area contributed by atoms with E-state index in [2.05, 4.69) is 204 Å². The van der Waals surface area contributed by atoms with Gasteiger partial charge in [0.1, 0.15) is 23.0 Å². The zero-order chi connectivity index (χ0) is 38.2. The first-order valence-electron chi connectivity index (χ1n) is 19.6. The molecule has 9 aromatic rings. The highest BCUT2D eigenvalue weighted by molar-refractivity contribution is 7.99. The summed E-state index contributed by atoms with van der Waals surface area (Å²) in [7, 11) is 0. The van der Waals surface area contributed by atoms with Crippen molar-refractivity contribution in [2.24, 2.45) is 0 Å². The van der Waals surface area contributed by atoms with Crippen LogP contribution in [0.2, 0.25) is 0 Å². The summed E-state index contributed by atoms with van der Waals surface area (Å²) in [5, 5.41) is 2.47. The molecule has 0 saturated carbocycles. The Morgan fingerprint density at radius 3 is 1.57 bits per heavy atom. The molecule has 272 valence electrons. The van der Waals surface area contributed by atoms with Gasteiger partial charge >= 0.3 is 0 Å². The van der Waals surface area contributed by atoms with Crippen LogP contribution >= 0.6 is 11.8 Å². The standard InChI is InChI=1S/C52H33BN2O2S/c1-5-15-34(16-6-1)54(35-17-7-2-8-18-35)38-27-29-42-47(31-38)56-45-24-14-25-46-52(45)53(42)43-33-50-41(32-48(43)57-46)39-28-30-44(40-23-13-26-49(58-50)51(39)40)55(36-19-9-3-10-20-36)37-21-11-4-12-22-37/h1-33H. The van der Waals surface area contributed by atoms with Crippen molar-refractivity contribution in [3.05, 3.63) is 200 Å². The van der Waals surface area contributed by atoms with Crippen molar-refractivity contribution >= 4 is 79.8 Å². The smallest absolute Gasteiger partial charge is 0.260 e. The molecule has 3 aliphatic heterocycles. The van der Waals surface area contributed by atoms with Crippen LogP contribution in [-0.4, -0.2) is 6.71 Å². The van der Waals surface area contributed by atoms with Crippen LogP contribution in [0.3, 0.4) is 0 Å². The van der Waals surface area contributed by atoms with E-state index in [4.69, 9.17) is 9.47 Å². The fraction of sp³-hybridized carbons (Fsp3) is 0. The van der Waals surface area contributed by atoms with Crippen LogP contribution < -0.4 is 35.7 Å². The Morgan fingerprint density at radius 2 is 0.948 bits per heavy atom. The molecule has 6 heteroatoms. The van der Waals surface area contributed by atoms with Crippen LogP contribution in [0.1, 0.15) is 0 Å². The Hall–Kier alpha value is -7.15. The lowest BCUT2D eigenvalue weighted by Gasteiger charge is -2.35. The summed E-state index contributed by atoms with van der Waals surface area (Å²) in [4.78, 5) is 7.12. The Morgan fingerprint density at radius 1 is 0.379 bits per heavy atom. The zero-order valence-corrected chi connectivity index (χ0v) is 32.1. The van der Waals surface area contributed by atoms with Gasteiger partial charge < -0.3 is 19.3 Å². The molecular weight excluding hydrogens is 727 g/mol. The van der Waals surface area contributed by atoms with Crippen LogP contribution in [-0.2, 0) is 0 Å². The summed E-state index contributed by atoms with van der Waals surface area (Å²) in [5.41, 5.74) is 12.4. The van der Waals surface area contributed by atoms with Gasteiger partial charge in [0.15, 0.2) is 0 Å². The SMILES string of the molecule is c1ccc(N(c2ccccc2)c2ccc3c(c2)Oc2cccc4c2B3c2cc3c(cc2O4)-c2ccc(N(c4ccccc4)c4ccccc4)c4cccc(c24)S3)cc1. The van der Waals surface area contributed by atoms with Crippen molar-refractivity contribution in [2.45, 2.75) is 9.79 Å². The fourth-order valence-corrected chi connectivity index (χ4v) is 10.2. The summed E-state index contributed by atoms with van der Waals surface area (Å²) in [6, 6.07) is 71.1. The van der Waals surface area contributed by atoms with Gasteiger partial charge in [0.05, 0.1) is 5.69 Å². The van der Waals surface area contributed by atoms with E-state index in [0.717, 1.165) is 73.5 Å². The molecule has 0 atom stereocenters. The fourth-order valence-electron chi connectivity index (χ4n) is 9.04. The number of rotatable bonds is 6. The second-order valence-corrected chi connectivity index (χ2v) is 15.9. The number of benzene rings is 9. The molecule has 0 fully saturated rings. The van der Waals surface area contributed by atoms with E-state index in [1.54, 1.807) is 0 Å². The number of anilines is 6. The van der Waals surface area contributed by atoms with Gasteiger partial charge in [-0.25, -0.2) is 0 Å². The van der Waals surface area contributed by atoms with E-state index in [9.17, 15) is 0 Å². The number of para-hydroxylation sites is 4. The predicted octanol–water partition coefficient (Wildman–Crippen LogP) is 12.6. The van der Waals surface area contributed by atoms with E-state index in [1.165, 1.54) is 31.7 Å². The van der Waals surface area contributed by atoms with E-state index in [0.29, 0.717) is 0 Å². The third-order valence-electron chi connectivity index (χ3n) is 11.5. The van der Waals surface area contributed by atoms with E-state index < -0.39 is 0 Å². The van der Waals surface area contributed by atoms with Crippen LogP contribution in [0.15, 0.2) is 210 Å². The van der Waals surface area contributed by atoms with Gasteiger partial charge in [0.2, 0.25) is 0 Å². The molecule has 0 N–H and O–H groups in total. The number of fused-ring (bicyclic) bond motifs is 6. The second-order valence-electron chi connectivity index (χ2n) is 14.8. The van der Waals surface area contributed by atoms with Gasteiger partial charge in [-0.2, -0.15) is 0 Å². The zero-order valence-electron chi connectivity index (χ0n) is 31.2. The van der Waals surface area contributed by atoms with Crippen molar-refractivity contribution in [1.29, 1.82) is 0 Å². The van der Waals surface area contributed by atoms with Crippen LogP contribution in [0, 0.1) is 0 Å². The molecule has 3 aliphatic rings. The molecule has 0 aliphatic carbocycles. The molecule has 0 spiro atoms. The third-order valence-corrected chi connectivity index (χ3v) is 12.6. The van der Waals surface area contributed by atoms with Gasteiger partial charge in [-0.3, -0.25) is 0 Å². The minimum Gasteiger partial charge on any atom is -0.458 e. The monoisotopic (exact) mass is 760 g/mol. The molecule has 0 amide bonds. The third kappa shape index (κ3) is 5.19. The van der Waals surface area contributed by atoms with Gasteiger partial charge in [-0.1, -0.05) is 115 Å². The Kier molecular flexibility index (Phi) is 7.53. The molecule has 0 saturated heterocycles. The predicted molar refractivity (Wildman–Crippen MR) is 241 cm³/mol. The maximum Gasteiger partial charge on any atom is 0.260 e. The summed E-state index contributed by atoms with van der Waals surface area (Å²) in [6.07, 6.45) is 0. The van der Waals surface area contributed by atoms with Crippen LogP contribution in [0.4, 0.5) is 34.1 Å². The first-order valence-corrected chi connectivity index (χ1v) is 20.4. The van der Waals surface area contributed by atoms with Gasteiger partial charge in [0.25, 0.3) is 6.71 Å². The van der Waals surface area contributed by atoms with Gasteiger partial charge in [-0.15, -0.1) is 0 Å². The maximum atomic E-state index is 6.84. The van der Waals surface area contributed by atoms with Crippen molar-refractivity contribution in [3.8, 4) is 34.1 Å². The molecular formula is C52H33BN2O2S. The topological polar surface area (TPSA) is 24.9 Å². The normalized spacial score (nSPS) is 12.7. The van der Waals surface area contributed by atoms with Gasteiger partial charge in [-0.05, 0) is 113 Å². The molecule has 0 bridgehead atoms. The number of nitrogens with zero attached hydrogens (tertiary/aromatic N) is 2. The number of hydrogen-bond acceptors (Lipinski definition) is 5. The quantitative estimate of drug-likeness (QED) is 0.157. The molecule has 0 unspecified atom stereocenters. The summed E-state index contributed by atoms with van der Waals surface area (Å²) < 4.78 is 13.6. The molecule has 4 nitrogen and oxygen atoms in total. The molecule has 9 aromatic carbocycles. The largest absolute Gasteiger partial charge is 0.458 e. The highest BCUT2D eigenvalue weighted by atomic mass is 32.2. The average Bonchev–Trinajstić information content (AvgIpc) is 3.28. The first-order chi connectivity index (χ1) is 28.8. The van der Waals surface area contributed by atoms with E-state index in [-0.39, 0.29) is 6.71 Å². The highest BCUT2D eigenvalue weighted by Gasteiger charge is 2.41. The summed E-state index contributed by atoms with van der Waals surface area (Å²) >= 11 is 1.85. The molecule has 0 radical (unpaired) electrons. The lowest BCUT2D eigenvalue weighted by atomic mass is 9.35. The van der Waals surface area contributed by atoms with Crippen molar-refractivity contribution < 1.29 is 9.47 Å². The lowest BCUT2D eigenvalue weighted by Crippen LogP contribution is -2.57. The average molecular weight is 761 g/mol. The maximum absolute atomic E-state index is 6.84. The summed E-state index contributed by atoms with van der Waals surface area (Å²) in [5.74, 6) is 3.41. The first kappa shape index (κ1) is 33.0. The van der Waals surface area contributed by atoms with Crippen LogP contribution in [0.25, 0.3) is 21.9 Å². The van der Waals surface area contributed by atoms with E-state index in [1.807, 2.05) is 17.8 Å². The van der Waals surface area contributed by atoms with Crippen molar-refractivity contribution in [3.63, 3.8) is 0 Å². The minimum absolute atomic E-state index is 0.0505.